The SMILES string of the molecule is NC(=O)c1ccc(Sc2ccc(C(=O)NC3CC4CC3CN4)cc2)cc1. The first kappa shape index (κ1) is 17.1. The molecular weight excluding hydrogens is 346 g/mol. The van der Waals surface area contributed by atoms with Crippen LogP contribution in [-0.4, -0.2) is 30.4 Å². The fraction of sp³-hybridized carbons (Fsp3) is 0.300. The molecule has 2 amide bonds. The van der Waals surface area contributed by atoms with Gasteiger partial charge in [-0.25, -0.2) is 0 Å². The van der Waals surface area contributed by atoms with Gasteiger partial charge in [0.25, 0.3) is 5.91 Å². The largest absolute Gasteiger partial charge is 0.366 e. The van der Waals surface area contributed by atoms with Gasteiger partial charge in [-0.2, -0.15) is 0 Å². The lowest BCUT2D eigenvalue weighted by Gasteiger charge is -2.23. The lowest BCUT2D eigenvalue weighted by molar-refractivity contribution is 0.0924. The van der Waals surface area contributed by atoms with Crippen LogP contribution in [0.3, 0.4) is 0 Å². The van der Waals surface area contributed by atoms with Crippen molar-refractivity contribution in [2.75, 3.05) is 6.54 Å². The van der Waals surface area contributed by atoms with Gasteiger partial charge in [0.15, 0.2) is 0 Å². The normalized spacial score (nSPS) is 23.8. The summed E-state index contributed by atoms with van der Waals surface area (Å²) in [5.41, 5.74) is 6.44. The smallest absolute Gasteiger partial charge is 0.251 e. The second-order valence-corrected chi connectivity index (χ2v) is 8.08. The third kappa shape index (κ3) is 3.61. The van der Waals surface area contributed by atoms with E-state index in [1.54, 1.807) is 23.9 Å². The van der Waals surface area contributed by atoms with Gasteiger partial charge in [-0.05, 0) is 67.3 Å². The van der Waals surface area contributed by atoms with Crippen molar-refractivity contribution in [2.24, 2.45) is 11.7 Å². The van der Waals surface area contributed by atoms with E-state index in [0.29, 0.717) is 29.1 Å². The van der Waals surface area contributed by atoms with Gasteiger partial charge in [-0.15, -0.1) is 0 Å². The number of fused-ring (bicyclic) bond motifs is 2. The summed E-state index contributed by atoms with van der Waals surface area (Å²) in [5, 5.41) is 6.64. The Labute approximate surface area is 156 Å². The maximum absolute atomic E-state index is 12.5. The molecule has 4 rings (SSSR count). The minimum absolute atomic E-state index is 0.00455. The average Bonchev–Trinajstić information content (AvgIpc) is 3.26. The molecule has 0 spiro atoms. The molecule has 26 heavy (non-hydrogen) atoms. The van der Waals surface area contributed by atoms with Gasteiger partial charge in [0.1, 0.15) is 0 Å². The zero-order chi connectivity index (χ0) is 18.1. The van der Waals surface area contributed by atoms with Gasteiger partial charge in [0.2, 0.25) is 5.91 Å². The Bertz CT molecular complexity index is 820. The van der Waals surface area contributed by atoms with Crippen LogP contribution in [0.25, 0.3) is 0 Å². The highest BCUT2D eigenvalue weighted by Crippen LogP contribution is 2.31. The minimum atomic E-state index is -0.428. The maximum atomic E-state index is 12.5. The first-order chi connectivity index (χ1) is 12.6. The summed E-state index contributed by atoms with van der Waals surface area (Å²) in [5.74, 6) is 0.148. The number of hydrogen-bond donors (Lipinski definition) is 3. The van der Waals surface area contributed by atoms with Crippen LogP contribution in [0, 0.1) is 5.92 Å². The summed E-state index contributed by atoms with van der Waals surface area (Å²) in [4.78, 5) is 25.6. The monoisotopic (exact) mass is 367 g/mol. The number of amides is 2. The summed E-state index contributed by atoms with van der Waals surface area (Å²) in [6, 6.07) is 15.7. The highest BCUT2D eigenvalue weighted by molar-refractivity contribution is 7.99. The number of hydrogen-bond acceptors (Lipinski definition) is 4. The maximum Gasteiger partial charge on any atom is 0.251 e. The molecule has 2 fully saturated rings. The number of piperidine rings is 1. The van der Waals surface area contributed by atoms with Gasteiger partial charge in [-0.1, -0.05) is 11.8 Å². The topological polar surface area (TPSA) is 84.2 Å². The molecule has 1 aliphatic carbocycles. The fourth-order valence-electron chi connectivity index (χ4n) is 3.76. The molecule has 2 aliphatic rings. The Balaban J connectivity index is 1.37. The first-order valence-corrected chi connectivity index (χ1v) is 9.62. The molecule has 3 unspecified atom stereocenters. The number of nitrogens with two attached hydrogens (primary N) is 1. The van der Waals surface area contributed by atoms with E-state index in [4.69, 9.17) is 5.73 Å². The Morgan fingerprint density at radius 1 is 0.962 bits per heavy atom. The Morgan fingerprint density at radius 2 is 1.58 bits per heavy atom. The number of benzene rings is 2. The van der Waals surface area contributed by atoms with Crippen molar-refractivity contribution in [1.82, 2.24) is 10.6 Å². The first-order valence-electron chi connectivity index (χ1n) is 8.80. The van der Waals surface area contributed by atoms with Crippen molar-refractivity contribution in [3.8, 4) is 0 Å². The van der Waals surface area contributed by atoms with Gasteiger partial charge in [0.05, 0.1) is 0 Å². The molecular formula is C20H21N3O2S. The zero-order valence-corrected chi connectivity index (χ0v) is 15.1. The molecule has 2 aromatic carbocycles. The summed E-state index contributed by atoms with van der Waals surface area (Å²) < 4.78 is 0. The van der Waals surface area contributed by atoms with Gasteiger partial charge in [-0.3, -0.25) is 9.59 Å². The number of primary amides is 1. The summed E-state index contributed by atoms with van der Waals surface area (Å²) in [7, 11) is 0. The third-order valence-corrected chi connectivity index (χ3v) is 6.19. The van der Waals surface area contributed by atoms with E-state index < -0.39 is 5.91 Å². The summed E-state index contributed by atoms with van der Waals surface area (Å²) in [6.07, 6.45) is 2.21. The van der Waals surface area contributed by atoms with Crippen LogP contribution in [0.2, 0.25) is 0 Å². The van der Waals surface area contributed by atoms with Crippen LogP contribution in [0.15, 0.2) is 58.3 Å². The predicted octanol–water partition coefficient (Wildman–Crippen LogP) is 2.42. The Hall–Kier alpha value is -2.31. The number of carbonyl (C=O) groups excluding carboxylic acids is 2. The van der Waals surface area contributed by atoms with Crippen LogP contribution in [0.1, 0.15) is 33.6 Å². The van der Waals surface area contributed by atoms with E-state index >= 15 is 0 Å². The van der Waals surface area contributed by atoms with E-state index in [-0.39, 0.29) is 5.91 Å². The van der Waals surface area contributed by atoms with Gasteiger partial charge >= 0.3 is 0 Å². The standard InChI is InChI=1S/C20H21N3O2S/c21-19(24)12-1-5-16(6-2-12)26-17-7-3-13(4-8-17)20(25)23-18-10-15-9-14(18)11-22-15/h1-8,14-15,18,22H,9-11H2,(H2,21,24)(H,23,25). The van der Waals surface area contributed by atoms with Crippen molar-refractivity contribution in [3.05, 3.63) is 59.7 Å². The molecule has 1 aliphatic heterocycles. The Kier molecular flexibility index (Phi) is 4.70. The van der Waals surface area contributed by atoms with Gasteiger partial charge in [0, 0.05) is 39.5 Å². The van der Waals surface area contributed by atoms with Gasteiger partial charge < -0.3 is 16.4 Å². The average molecular weight is 367 g/mol. The van der Waals surface area contributed by atoms with Crippen molar-refractivity contribution in [2.45, 2.75) is 34.7 Å². The molecule has 1 saturated heterocycles. The van der Waals surface area contributed by atoms with Crippen LogP contribution in [-0.2, 0) is 0 Å². The van der Waals surface area contributed by atoms with Crippen molar-refractivity contribution in [1.29, 1.82) is 0 Å². The fourth-order valence-corrected chi connectivity index (χ4v) is 4.58. The second kappa shape index (κ2) is 7.13. The Morgan fingerprint density at radius 3 is 2.08 bits per heavy atom. The van der Waals surface area contributed by atoms with E-state index in [2.05, 4.69) is 10.6 Å². The van der Waals surface area contributed by atoms with Crippen LogP contribution >= 0.6 is 11.8 Å². The molecule has 0 radical (unpaired) electrons. The summed E-state index contributed by atoms with van der Waals surface area (Å²) >= 11 is 1.58. The van der Waals surface area contributed by atoms with E-state index in [0.717, 1.165) is 22.8 Å². The number of nitrogens with one attached hydrogen (secondary N) is 2. The number of rotatable bonds is 5. The molecule has 4 N–H and O–H groups in total. The quantitative estimate of drug-likeness (QED) is 0.758. The molecule has 6 heteroatoms. The minimum Gasteiger partial charge on any atom is -0.366 e. The molecule has 0 aromatic heterocycles. The van der Waals surface area contributed by atoms with Crippen LogP contribution in [0.4, 0.5) is 0 Å². The third-order valence-electron chi connectivity index (χ3n) is 5.17. The molecule has 134 valence electrons. The van der Waals surface area contributed by atoms with E-state index in [9.17, 15) is 9.59 Å². The van der Waals surface area contributed by atoms with Crippen molar-refractivity contribution < 1.29 is 9.59 Å². The molecule has 3 atom stereocenters. The zero-order valence-electron chi connectivity index (χ0n) is 14.3. The van der Waals surface area contributed by atoms with Crippen molar-refractivity contribution in [3.63, 3.8) is 0 Å². The van der Waals surface area contributed by atoms with E-state index in [1.165, 1.54) is 6.42 Å². The molecule has 2 aromatic rings. The highest BCUT2D eigenvalue weighted by Gasteiger charge is 2.40. The lowest BCUT2D eigenvalue weighted by atomic mass is 10.0. The highest BCUT2D eigenvalue weighted by atomic mass is 32.2. The molecule has 1 saturated carbocycles. The number of carbonyl (C=O) groups is 2. The summed E-state index contributed by atoms with van der Waals surface area (Å²) in [6.45, 7) is 1.01. The van der Waals surface area contributed by atoms with E-state index in [1.807, 2.05) is 36.4 Å². The van der Waals surface area contributed by atoms with Crippen LogP contribution in [0.5, 0.6) is 0 Å². The second-order valence-electron chi connectivity index (χ2n) is 6.93. The van der Waals surface area contributed by atoms with Crippen LogP contribution < -0.4 is 16.4 Å². The molecule has 1 heterocycles. The predicted molar refractivity (Wildman–Crippen MR) is 101 cm³/mol. The lowest BCUT2D eigenvalue weighted by Crippen LogP contribution is -2.44. The molecule has 5 nitrogen and oxygen atoms in total. The molecule has 2 bridgehead atoms. The van der Waals surface area contributed by atoms with Crippen molar-refractivity contribution >= 4 is 23.6 Å².